The van der Waals surface area contributed by atoms with Crippen LogP contribution in [0.4, 0.5) is 0 Å². The summed E-state index contributed by atoms with van der Waals surface area (Å²) in [5, 5.41) is 0. The Morgan fingerprint density at radius 3 is 1.52 bits per heavy atom. The average Bonchev–Trinajstić information content (AvgIpc) is 2.36. The summed E-state index contributed by atoms with van der Waals surface area (Å²) in [4.78, 5) is 0. The molecular formula is C23H48. The lowest BCUT2D eigenvalue weighted by Crippen LogP contribution is -2.40. The van der Waals surface area contributed by atoms with Crippen LogP contribution in [-0.2, 0) is 0 Å². The third-order valence-corrected chi connectivity index (χ3v) is 7.32. The van der Waals surface area contributed by atoms with Crippen LogP contribution in [0.1, 0.15) is 109 Å². The fraction of sp³-hybridized carbons (Fsp3) is 1.00. The zero-order valence-electron chi connectivity index (χ0n) is 18.6. The lowest BCUT2D eigenvalue weighted by atomic mass is 9.56. The van der Waals surface area contributed by atoms with Gasteiger partial charge in [-0.05, 0) is 52.8 Å². The molecule has 0 nitrogen and oxygen atoms in total. The average molecular weight is 325 g/mol. The van der Waals surface area contributed by atoms with Crippen LogP contribution in [0.25, 0.3) is 0 Å². The molecule has 0 saturated heterocycles. The molecule has 0 aliphatic heterocycles. The van der Waals surface area contributed by atoms with Crippen molar-refractivity contribution < 1.29 is 0 Å². The maximum atomic E-state index is 2.56. The second kappa shape index (κ2) is 8.39. The van der Waals surface area contributed by atoms with Gasteiger partial charge < -0.3 is 0 Å². The number of rotatable bonds is 9. The highest BCUT2D eigenvalue weighted by atomic mass is 14.5. The Kier molecular flexibility index (Phi) is 8.39. The second-order valence-corrected chi connectivity index (χ2v) is 10.8. The SMILES string of the molecule is CCC(C(C)CC(C)(CC)C(C)(C)CC(C)C)C(C)C(C)(C)C. The molecule has 0 rings (SSSR count). The first-order valence-electron chi connectivity index (χ1n) is 10.2. The summed E-state index contributed by atoms with van der Waals surface area (Å²) in [7, 11) is 0. The largest absolute Gasteiger partial charge is 0.0651 e. The van der Waals surface area contributed by atoms with E-state index in [1.165, 1.54) is 25.7 Å². The normalized spacial score (nSPS) is 20.2. The van der Waals surface area contributed by atoms with Crippen LogP contribution in [0.5, 0.6) is 0 Å². The van der Waals surface area contributed by atoms with Gasteiger partial charge in [-0.1, -0.05) is 95.9 Å². The second-order valence-electron chi connectivity index (χ2n) is 10.8. The molecule has 0 saturated carbocycles. The zero-order valence-corrected chi connectivity index (χ0v) is 18.6. The fourth-order valence-electron chi connectivity index (χ4n) is 4.92. The van der Waals surface area contributed by atoms with Gasteiger partial charge in [0.15, 0.2) is 0 Å². The molecule has 0 fully saturated rings. The van der Waals surface area contributed by atoms with Crippen molar-refractivity contribution in [3.05, 3.63) is 0 Å². The molecule has 4 unspecified atom stereocenters. The Morgan fingerprint density at radius 1 is 0.739 bits per heavy atom. The third-order valence-electron chi connectivity index (χ3n) is 7.32. The van der Waals surface area contributed by atoms with Gasteiger partial charge in [-0.3, -0.25) is 0 Å². The Bertz CT molecular complexity index is 330. The molecule has 0 aromatic rings. The molecule has 0 amide bonds. The fourth-order valence-corrected chi connectivity index (χ4v) is 4.92. The van der Waals surface area contributed by atoms with Crippen LogP contribution in [0, 0.1) is 39.9 Å². The molecule has 0 aromatic heterocycles. The van der Waals surface area contributed by atoms with Gasteiger partial charge in [0.1, 0.15) is 0 Å². The first-order valence-corrected chi connectivity index (χ1v) is 10.2. The Labute approximate surface area is 149 Å². The Balaban J connectivity index is 5.30. The molecule has 0 aliphatic rings. The highest BCUT2D eigenvalue weighted by Crippen LogP contribution is 2.52. The number of hydrogen-bond donors (Lipinski definition) is 0. The van der Waals surface area contributed by atoms with E-state index in [-0.39, 0.29) is 0 Å². The van der Waals surface area contributed by atoms with Crippen LogP contribution in [0.2, 0.25) is 0 Å². The quantitative estimate of drug-likeness (QED) is 0.401. The topological polar surface area (TPSA) is 0 Å². The van der Waals surface area contributed by atoms with Gasteiger partial charge in [-0.15, -0.1) is 0 Å². The summed E-state index contributed by atoms with van der Waals surface area (Å²) in [6, 6.07) is 0. The van der Waals surface area contributed by atoms with Gasteiger partial charge >= 0.3 is 0 Å². The predicted octanol–water partition coefficient (Wildman–Crippen LogP) is 8.21. The van der Waals surface area contributed by atoms with Gasteiger partial charge in [-0.2, -0.15) is 0 Å². The van der Waals surface area contributed by atoms with Crippen LogP contribution in [0.3, 0.4) is 0 Å². The molecule has 4 atom stereocenters. The predicted molar refractivity (Wildman–Crippen MR) is 108 cm³/mol. The Hall–Kier alpha value is 0. The van der Waals surface area contributed by atoms with Crippen LogP contribution >= 0.6 is 0 Å². The molecule has 140 valence electrons. The third kappa shape index (κ3) is 6.09. The van der Waals surface area contributed by atoms with E-state index >= 15 is 0 Å². The van der Waals surface area contributed by atoms with E-state index in [2.05, 4.69) is 83.1 Å². The van der Waals surface area contributed by atoms with E-state index in [0.717, 1.165) is 23.7 Å². The molecule has 23 heavy (non-hydrogen) atoms. The van der Waals surface area contributed by atoms with Gasteiger partial charge in [-0.25, -0.2) is 0 Å². The minimum atomic E-state index is 0.408. The first-order chi connectivity index (χ1) is 10.2. The molecule has 0 radical (unpaired) electrons. The van der Waals surface area contributed by atoms with Crippen LogP contribution in [0.15, 0.2) is 0 Å². The molecule has 0 heterocycles. The molecule has 0 aromatic carbocycles. The van der Waals surface area contributed by atoms with Crippen molar-refractivity contribution in [2.75, 3.05) is 0 Å². The minimum absolute atomic E-state index is 0.408. The molecule has 0 N–H and O–H groups in total. The summed E-state index contributed by atoms with van der Waals surface area (Å²) in [5.74, 6) is 3.18. The van der Waals surface area contributed by atoms with E-state index in [1.807, 2.05) is 0 Å². The molecule has 0 heteroatoms. The van der Waals surface area contributed by atoms with Crippen molar-refractivity contribution in [3.8, 4) is 0 Å². The van der Waals surface area contributed by atoms with Crippen molar-refractivity contribution in [1.29, 1.82) is 0 Å². The van der Waals surface area contributed by atoms with Gasteiger partial charge in [0.05, 0.1) is 0 Å². The van der Waals surface area contributed by atoms with Crippen molar-refractivity contribution in [2.24, 2.45) is 39.9 Å². The van der Waals surface area contributed by atoms with E-state index in [4.69, 9.17) is 0 Å². The van der Waals surface area contributed by atoms with Crippen molar-refractivity contribution in [3.63, 3.8) is 0 Å². The van der Waals surface area contributed by atoms with E-state index < -0.39 is 0 Å². The van der Waals surface area contributed by atoms with Crippen molar-refractivity contribution >= 4 is 0 Å². The van der Waals surface area contributed by atoms with Crippen molar-refractivity contribution in [1.82, 2.24) is 0 Å². The smallest absolute Gasteiger partial charge is 0.0274 e. The van der Waals surface area contributed by atoms with Gasteiger partial charge in [0, 0.05) is 0 Å². The van der Waals surface area contributed by atoms with Crippen molar-refractivity contribution in [2.45, 2.75) is 109 Å². The summed E-state index contributed by atoms with van der Waals surface area (Å²) < 4.78 is 0. The first kappa shape index (κ1) is 23.0. The molecular weight excluding hydrogens is 276 g/mol. The van der Waals surface area contributed by atoms with Gasteiger partial charge in [0.25, 0.3) is 0 Å². The highest BCUT2D eigenvalue weighted by Gasteiger charge is 2.42. The number of hydrogen-bond acceptors (Lipinski definition) is 0. The van der Waals surface area contributed by atoms with E-state index in [1.54, 1.807) is 0 Å². The Morgan fingerprint density at radius 2 is 1.22 bits per heavy atom. The maximum absolute atomic E-state index is 2.56. The van der Waals surface area contributed by atoms with E-state index in [9.17, 15) is 0 Å². The summed E-state index contributed by atoms with van der Waals surface area (Å²) in [5.41, 5.74) is 1.25. The van der Waals surface area contributed by atoms with Crippen LogP contribution < -0.4 is 0 Å². The molecule has 0 aliphatic carbocycles. The highest BCUT2D eigenvalue weighted by molar-refractivity contribution is 4.92. The standard InChI is InChI=1S/C23H48/c1-13-20(19(6)21(7,8)9)18(5)16-23(12,14-2)22(10,11)15-17(3)4/h17-20H,13-16H2,1-12H3. The lowest BCUT2D eigenvalue weighted by Gasteiger charge is -2.49. The van der Waals surface area contributed by atoms with Gasteiger partial charge in [0.2, 0.25) is 0 Å². The molecule has 0 bridgehead atoms. The molecule has 0 spiro atoms. The summed E-state index contributed by atoms with van der Waals surface area (Å²) in [6.45, 7) is 29.4. The summed E-state index contributed by atoms with van der Waals surface area (Å²) >= 11 is 0. The van der Waals surface area contributed by atoms with E-state index in [0.29, 0.717) is 16.2 Å². The zero-order chi connectivity index (χ0) is 18.6. The minimum Gasteiger partial charge on any atom is -0.0651 e. The van der Waals surface area contributed by atoms with Crippen LogP contribution in [-0.4, -0.2) is 0 Å². The lowest BCUT2D eigenvalue weighted by molar-refractivity contribution is 0.0116. The maximum Gasteiger partial charge on any atom is -0.0274 e. The summed E-state index contributed by atoms with van der Waals surface area (Å²) in [6.07, 6.45) is 5.29. The monoisotopic (exact) mass is 324 g/mol.